The summed E-state index contributed by atoms with van der Waals surface area (Å²) in [6, 6.07) is 7.82. The summed E-state index contributed by atoms with van der Waals surface area (Å²) in [5.41, 5.74) is 8.10. The average molecular weight is 444 g/mol. The average Bonchev–Trinajstić information content (AvgIpc) is 2.68. The minimum absolute atomic E-state index is 0.164. The number of anilines is 2. The Morgan fingerprint density at radius 3 is 2.48 bits per heavy atom. The van der Waals surface area contributed by atoms with Crippen molar-refractivity contribution in [2.24, 2.45) is 11.8 Å². The molecule has 0 saturated heterocycles. The Balaban J connectivity index is 2.15. The quantitative estimate of drug-likeness (QED) is 0.576. The lowest BCUT2D eigenvalue weighted by Crippen LogP contribution is -2.40. The molecule has 0 unspecified atom stereocenters. The summed E-state index contributed by atoms with van der Waals surface area (Å²) in [4.78, 5) is 34.3. The number of para-hydroxylation sites is 1. The van der Waals surface area contributed by atoms with Gasteiger partial charge in [-0.1, -0.05) is 57.5 Å². The van der Waals surface area contributed by atoms with E-state index in [1.165, 1.54) is 4.57 Å². The fraction of sp³-hybridized carbons (Fsp3) is 0.435. The molecule has 0 spiro atoms. The van der Waals surface area contributed by atoms with Gasteiger partial charge in [-0.15, -0.1) is 0 Å². The number of aromatic nitrogens is 3. The van der Waals surface area contributed by atoms with Crippen LogP contribution in [0.4, 0.5) is 11.5 Å². The third-order valence-corrected chi connectivity index (χ3v) is 5.65. The van der Waals surface area contributed by atoms with Crippen LogP contribution in [0.2, 0.25) is 5.02 Å². The van der Waals surface area contributed by atoms with Gasteiger partial charge in [-0.2, -0.15) is 0 Å². The van der Waals surface area contributed by atoms with E-state index in [0.29, 0.717) is 30.4 Å². The van der Waals surface area contributed by atoms with E-state index in [1.807, 2.05) is 49.9 Å². The van der Waals surface area contributed by atoms with Gasteiger partial charge in [0.25, 0.3) is 5.56 Å². The first-order valence-electron chi connectivity index (χ1n) is 10.5. The van der Waals surface area contributed by atoms with Gasteiger partial charge < -0.3 is 10.6 Å². The SMILES string of the molecule is Cc1c(Cl)c(CN(CC(C)C)c2c(N)n(CC(C)C)c(=O)[nH]c2=O)nc2ccccc12. The number of hydrogen-bond donors (Lipinski definition) is 2. The fourth-order valence-electron chi connectivity index (χ4n) is 3.81. The van der Waals surface area contributed by atoms with Crippen molar-refractivity contribution >= 4 is 34.0 Å². The summed E-state index contributed by atoms with van der Waals surface area (Å²) in [6.45, 7) is 11.3. The Kier molecular flexibility index (Phi) is 6.74. The lowest BCUT2D eigenvalue weighted by molar-refractivity contribution is 0.505. The van der Waals surface area contributed by atoms with Gasteiger partial charge in [0, 0.05) is 18.5 Å². The number of aromatic amines is 1. The topological polar surface area (TPSA) is 97.0 Å². The van der Waals surface area contributed by atoms with Crippen LogP contribution in [0.15, 0.2) is 33.9 Å². The molecule has 0 bridgehead atoms. The molecule has 1 aromatic carbocycles. The molecule has 3 N–H and O–H groups in total. The van der Waals surface area contributed by atoms with E-state index in [-0.39, 0.29) is 23.3 Å². The number of pyridine rings is 1. The van der Waals surface area contributed by atoms with E-state index in [4.69, 9.17) is 22.3 Å². The van der Waals surface area contributed by atoms with E-state index in [9.17, 15) is 9.59 Å². The number of aryl methyl sites for hydroxylation is 1. The molecule has 2 heterocycles. The van der Waals surface area contributed by atoms with Crippen LogP contribution < -0.4 is 21.9 Å². The molecule has 0 saturated carbocycles. The molecule has 3 aromatic rings. The zero-order valence-corrected chi connectivity index (χ0v) is 19.5. The van der Waals surface area contributed by atoms with E-state index >= 15 is 0 Å². The molecule has 7 nitrogen and oxygen atoms in total. The van der Waals surface area contributed by atoms with Gasteiger partial charge in [-0.3, -0.25) is 14.3 Å². The van der Waals surface area contributed by atoms with Gasteiger partial charge in [0.15, 0.2) is 0 Å². The highest BCUT2D eigenvalue weighted by Crippen LogP contribution is 2.29. The Bertz CT molecular complexity index is 1210. The van der Waals surface area contributed by atoms with Gasteiger partial charge in [0.1, 0.15) is 11.5 Å². The fourth-order valence-corrected chi connectivity index (χ4v) is 4.01. The van der Waals surface area contributed by atoms with Crippen LogP contribution in [0.25, 0.3) is 10.9 Å². The number of nitrogens with one attached hydrogen (secondary N) is 1. The lowest BCUT2D eigenvalue weighted by atomic mass is 10.1. The molecular weight excluding hydrogens is 414 g/mol. The largest absolute Gasteiger partial charge is 0.383 e. The highest BCUT2D eigenvalue weighted by atomic mass is 35.5. The number of nitrogens with zero attached hydrogens (tertiary/aromatic N) is 3. The number of nitrogen functional groups attached to an aromatic ring is 1. The van der Waals surface area contributed by atoms with Gasteiger partial charge in [0.05, 0.1) is 22.8 Å². The second kappa shape index (κ2) is 9.14. The first-order chi connectivity index (χ1) is 14.6. The van der Waals surface area contributed by atoms with Crippen molar-refractivity contribution in [3.63, 3.8) is 0 Å². The van der Waals surface area contributed by atoms with Gasteiger partial charge >= 0.3 is 5.69 Å². The third-order valence-electron chi connectivity index (χ3n) is 5.15. The maximum Gasteiger partial charge on any atom is 0.330 e. The predicted octanol–water partition coefficient (Wildman–Crippen LogP) is 3.95. The Morgan fingerprint density at radius 1 is 1.16 bits per heavy atom. The summed E-state index contributed by atoms with van der Waals surface area (Å²) in [7, 11) is 0. The van der Waals surface area contributed by atoms with Crippen LogP contribution in [-0.2, 0) is 13.1 Å². The first-order valence-corrected chi connectivity index (χ1v) is 10.9. The molecule has 3 rings (SSSR count). The summed E-state index contributed by atoms with van der Waals surface area (Å²) in [5.74, 6) is 0.595. The predicted molar refractivity (Wildman–Crippen MR) is 128 cm³/mol. The van der Waals surface area contributed by atoms with Gasteiger partial charge in [-0.25, -0.2) is 9.78 Å². The molecule has 0 atom stereocenters. The van der Waals surface area contributed by atoms with Crippen molar-refractivity contribution in [3.05, 3.63) is 61.4 Å². The molecule has 8 heteroatoms. The molecule has 0 amide bonds. The number of fused-ring (bicyclic) bond motifs is 1. The maximum atomic E-state index is 12.8. The molecule has 31 heavy (non-hydrogen) atoms. The van der Waals surface area contributed by atoms with Crippen molar-refractivity contribution in [3.8, 4) is 0 Å². The van der Waals surface area contributed by atoms with E-state index in [1.54, 1.807) is 0 Å². The van der Waals surface area contributed by atoms with Crippen molar-refractivity contribution in [1.29, 1.82) is 0 Å². The molecule has 2 aromatic heterocycles. The van der Waals surface area contributed by atoms with Crippen molar-refractivity contribution in [2.45, 2.75) is 47.7 Å². The zero-order chi connectivity index (χ0) is 22.9. The minimum Gasteiger partial charge on any atom is -0.383 e. The number of benzene rings is 1. The standard InChI is InChI=1S/C23H30ClN5O2/c1-13(2)10-28(20-21(25)29(11-14(3)4)23(31)27-22(20)30)12-18-19(24)15(5)16-8-6-7-9-17(16)26-18/h6-9,13-14H,10-12,25H2,1-5H3,(H,27,30,31). The second-order valence-corrected chi connectivity index (χ2v) is 9.16. The maximum absolute atomic E-state index is 12.8. The molecular formula is C23H30ClN5O2. The lowest BCUT2D eigenvalue weighted by Gasteiger charge is -2.28. The highest BCUT2D eigenvalue weighted by Gasteiger charge is 2.22. The normalized spacial score (nSPS) is 11.6. The summed E-state index contributed by atoms with van der Waals surface area (Å²) in [5, 5.41) is 1.56. The first kappa shape index (κ1) is 22.9. The monoisotopic (exact) mass is 443 g/mol. The highest BCUT2D eigenvalue weighted by molar-refractivity contribution is 6.32. The number of nitrogens with two attached hydrogens (primary N) is 1. The molecule has 0 fully saturated rings. The Morgan fingerprint density at radius 2 is 1.84 bits per heavy atom. The van der Waals surface area contributed by atoms with Crippen molar-refractivity contribution in [2.75, 3.05) is 17.2 Å². The summed E-state index contributed by atoms with van der Waals surface area (Å²) >= 11 is 6.68. The number of hydrogen-bond acceptors (Lipinski definition) is 5. The number of halogens is 1. The van der Waals surface area contributed by atoms with E-state index in [2.05, 4.69) is 18.8 Å². The summed E-state index contributed by atoms with van der Waals surface area (Å²) < 4.78 is 1.43. The molecule has 0 aliphatic rings. The van der Waals surface area contributed by atoms with Crippen LogP contribution in [0.5, 0.6) is 0 Å². The summed E-state index contributed by atoms with van der Waals surface area (Å²) in [6.07, 6.45) is 0. The zero-order valence-electron chi connectivity index (χ0n) is 18.7. The van der Waals surface area contributed by atoms with Crippen LogP contribution >= 0.6 is 11.6 Å². The van der Waals surface area contributed by atoms with Crippen LogP contribution in [0.3, 0.4) is 0 Å². The van der Waals surface area contributed by atoms with Crippen LogP contribution in [-0.4, -0.2) is 21.1 Å². The van der Waals surface area contributed by atoms with Crippen LogP contribution in [0.1, 0.15) is 39.0 Å². The Hall–Kier alpha value is -2.80. The number of rotatable bonds is 7. The van der Waals surface area contributed by atoms with Gasteiger partial charge in [-0.05, 0) is 30.4 Å². The number of H-pyrrole nitrogens is 1. The second-order valence-electron chi connectivity index (χ2n) is 8.79. The van der Waals surface area contributed by atoms with Crippen molar-refractivity contribution < 1.29 is 0 Å². The van der Waals surface area contributed by atoms with E-state index in [0.717, 1.165) is 16.5 Å². The van der Waals surface area contributed by atoms with Crippen molar-refractivity contribution in [1.82, 2.24) is 14.5 Å². The van der Waals surface area contributed by atoms with Crippen LogP contribution in [0, 0.1) is 18.8 Å². The smallest absolute Gasteiger partial charge is 0.330 e. The molecule has 0 radical (unpaired) electrons. The van der Waals surface area contributed by atoms with Gasteiger partial charge in [0.2, 0.25) is 0 Å². The molecule has 0 aliphatic carbocycles. The molecule has 0 aliphatic heterocycles. The Labute approximate surface area is 186 Å². The third kappa shape index (κ3) is 4.77. The minimum atomic E-state index is -0.503. The molecule has 166 valence electrons. The van der Waals surface area contributed by atoms with E-state index < -0.39 is 11.2 Å².